The smallest absolute Gasteiger partial charge is 0.537 e. The normalized spacial score (nSPS) is 13.3. The highest BCUT2D eigenvalue weighted by atomic mass is 35.5. The predicted molar refractivity (Wildman–Crippen MR) is 371 cm³/mol. The van der Waals surface area contributed by atoms with E-state index >= 15 is 0 Å². The molecule has 0 spiro atoms. The van der Waals surface area contributed by atoms with Crippen molar-refractivity contribution in [2.75, 3.05) is 0 Å². The number of aromatic nitrogens is 6. The van der Waals surface area contributed by atoms with Crippen LogP contribution in [-0.4, -0.2) is 42.6 Å². The summed E-state index contributed by atoms with van der Waals surface area (Å²) in [6.07, 6.45) is 8.91. The molecule has 0 unspecified atom stereocenters. The number of fused-ring (bicyclic) bond motifs is 16. The molecule has 437 valence electrons. The Labute approximate surface area is 536 Å². The molecule has 0 saturated carbocycles. The van der Waals surface area contributed by atoms with Crippen molar-refractivity contribution in [2.24, 2.45) is 0 Å². The van der Waals surface area contributed by atoms with Gasteiger partial charge in [-0.05, 0) is 121 Å². The number of benzene rings is 11. The summed E-state index contributed by atoms with van der Waals surface area (Å²) in [7, 11) is 0.721. The third kappa shape index (κ3) is 9.52. The van der Waals surface area contributed by atoms with E-state index in [0.29, 0.717) is 34.9 Å². The second kappa shape index (κ2) is 22.4. The van der Waals surface area contributed by atoms with Crippen molar-refractivity contribution in [2.45, 2.75) is 38.5 Å². The molecule has 10 nitrogen and oxygen atoms in total. The Bertz CT molecular complexity index is 5520. The number of para-hydroxylation sites is 2. The average molecular weight is 1210 g/mol. The minimum Gasteiger partial charge on any atom is -0.537 e. The van der Waals surface area contributed by atoms with Crippen LogP contribution in [0.3, 0.4) is 0 Å². The second-order valence-electron chi connectivity index (χ2n) is 24.1. The summed E-state index contributed by atoms with van der Waals surface area (Å²) >= 11 is 6.13. The summed E-state index contributed by atoms with van der Waals surface area (Å²) in [5.74, 6) is 3.76. The third-order valence-electron chi connectivity index (χ3n) is 18.1. The molecule has 18 rings (SSSR count). The Morgan fingerprint density at radius 2 is 0.924 bits per heavy atom. The first-order valence-corrected chi connectivity index (χ1v) is 30.8. The van der Waals surface area contributed by atoms with Gasteiger partial charge in [-0.2, -0.15) is 9.97 Å². The monoisotopic (exact) mass is 1210 g/mol. The summed E-state index contributed by atoms with van der Waals surface area (Å²) < 4.78 is 17.5. The van der Waals surface area contributed by atoms with Crippen LogP contribution in [0.5, 0.6) is 5.75 Å². The molecule has 11 aromatic carbocycles. The van der Waals surface area contributed by atoms with Gasteiger partial charge in [-0.15, -0.1) is 0 Å². The van der Waals surface area contributed by atoms with Crippen LogP contribution in [0.25, 0.3) is 146 Å². The molecule has 4 aromatic heterocycles. The first kappa shape index (κ1) is 56.1. The summed E-state index contributed by atoms with van der Waals surface area (Å²) in [6.45, 7) is 9.05. The van der Waals surface area contributed by atoms with Crippen molar-refractivity contribution >= 4 is 86.1 Å². The maximum absolute atomic E-state index is 8.94. The molecule has 0 bridgehead atoms. The van der Waals surface area contributed by atoms with Gasteiger partial charge in [0, 0.05) is 66.8 Å². The van der Waals surface area contributed by atoms with Gasteiger partial charge in [-0.3, -0.25) is 0 Å². The molecule has 12 heteroatoms. The molecule has 0 aliphatic heterocycles. The Hall–Kier alpha value is -11.2. The quantitative estimate of drug-likeness (QED) is 0.121. The fraction of sp³-hybridized carbons (Fsp3) is 0.0750. The predicted octanol–water partition coefficient (Wildman–Crippen LogP) is 19.7. The lowest BCUT2D eigenvalue weighted by atomic mass is 9.81. The van der Waals surface area contributed by atoms with Crippen LogP contribution in [0.4, 0.5) is 0 Å². The zero-order valence-corrected chi connectivity index (χ0v) is 51.2. The van der Waals surface area contributed by atoms with Gasteiger partial charge in [-0.25, -0.2) is 19.9 Å². The maximum atomic E-state index is 8.94. The molecular formula is C80H54BClN6O4+. The van der Waals surface area contributed by atoms with Crippen molar-refractivity contribution in [3.8, 4) is 84.9 Å². The lowest BCUT2D eigenvalue weighted by Crippen LogP contribution is -2.15. The van der Waals surface area contributed by atoms with Crippen molar-refractivity contribution < 1.29 is 18.5 Å². The highest BCUT2D eigenvalue weighted by molar-refractivity contribution is 6.28. The van der Waals surface area contributed by atoms with Gasteiger partial charge in [0.05, 0.1) is 17.2 Å². The average Bonchev–Trinajstić information content (AvgIpc) is 1.56. The van der Waals surface area contributed by atoms with Crippen LogP contribution >= 0.6 is 11.6 Å². The summed E-state index contributed by atoms with van der Waals surface area (Å²) in [4.78, 5) is 28.3. The number of nitrogens with zero attached hydrogens (tertiary/aromatic N) is 6. The molecule has 1 radical (unpaired) electrons. The van der Waals surface area contributed by atoms with Crippen LogP contribution < -0.4 is 4.65 Å². The number of hydrogen-bond acceptors (Lipinski definition) is 10. The highest BCUT2D eigenvalue weighted by Gasteiger charge is 2.39. The van der Waals surface area contributed by atoms with Crippen LogP contribution in [-0.2, 0) is 10.8 Å². The number of rotatable bonds is 7. The lowest BCUT2D eigenvalue weighted by Gasteiger charge is -2.22. The van der Waals surface area contributed by atoms with Gasteiger partial charge in [0.15, 0.2) is 29.1 Å². The summed E-state index contributed by atoms with van der Waals surface area (Å²) in [5.41, 5.74) is 20.2. The second-order valence-corrected chi connectivity index (χ2v) is 24.5. The van der Waals surface area contributed by atoms with Gasteiger partial charge in [0.1, 0.15) is 45.8 Å². The lowest BCUT2D eigenvalue weighted by molar-refractivity contribution is 0.453. The first-order chi connectivity index (χ1) is 45.0. The topological polar surface area (TPSA) is 133 Å². The van der Waals surface area contributed by atoms with Crippen molar-refractivity contribution in [3.05, 3.63) is 281 Å². The molecule has 0 fully saturated rings. The van der Waals surface area contributed by atoms with Gasteiger partial charge in [-0.1, -0.05) is 198 Å². The van der Waals surface area contributed by atoms with Gasteiger partial charge < -0.3 is 18.5 Å². The molecule has 3 aliphatic rings. The van der Waals surface area contributed by atoms with E-state index in [1.165, 1.54) is 55.3 Å². The largest absolute Gasteiger partial charge is 0.569 e. The maximum Gasteiger partial charge on any atom is 0.569 e. The molecule has 1 N–H and O–H groups in total. The van der Waals surface area contributed by atoms with E-state index in [9.17, 15) is 0 Å². The number of halogens is 1. The Morgan fingerprint density at radius 3 is 1.57 bits per heavy atom. The van der Waals surface area contributed by atoms with E-state index in [0.717, 1.165) is 90.5 Å². The molecular weight excluding hydrogens is 1160 g/mol. The fourth-order valence-corrected chi connectivity index (χ4v) is 13.8. The van der Waals surface area contributed by atoms with Gasteiger partial charge in [0.2, 0.25) is 5.28 Å². The first-order valence-electron chi connectivity index (χ1n) is 30.5. The molecule has 0 saturated heterocycles. The fourth-order valence-electron chi connectivity index (χ4n) is 13.6. The molecule has 0 amide bonds. The zero-order valence-electron chi connectivity index (χ0n) is 50.5. The van der Waals surface area contributed by atoms with Crippen LogP contribution in [0.1, 0.15) is 61.1 Å². The molecule has 3 aliphatic carbocycles. The number of hydrogen-bond donors (Lipinski definition) is 1. The van der Waals surface area contributed by atoms with Gasteiger partial charge in [0.25, 0.3) is 0 Å². The van der Waals surface area contributed by atoms with Crippen molar-refractivity contribution in [1.29, 1.82) is 0 Å². The Morgan fingerprint density at radius 1 is 0.424 bits per heavy atom. The van der Waals surface area contributed by atoms with E-state index in [2.05, 4.69) is 170 Å². The van der Waals surface area contributed by atoms with Crippen LogP contribution in [0.15, 0.2) is 245 Å². The number of furan rings is 2. The van der Waals surface area contributed by atoms with Crippen LogP contribution in [0.2, 0.25) is 5.28 Å². The van der Waals surface area contributed by atoms with Crippen molar-refractivity contribution in [1.82, 2.24) is 29.9 Å². The summed E-state index contributed by atoms with van der Waals surface area (Å²) in [5, 5.41) is 16.0. The van der Waals surface area contributed by atoms with E-state index in [1.807, 2.05) is 127 Å². The van der Waals surface area contributed by atoms with E-state index in [1.54, 1.807) is 0 Å². The highest BCUT2D eigenvalue weighted by Crippen LogP contribution is 2.55. The van der Waals surface area contributed by atoms with Gasteiger partial charge >= 0.3 is 7.69 Å². The minimum atomic E-state index is -0.207. The number of allylic oxidation sites excluding steroid dienone is 2. The SMILES string of the molecule is CC1(C)c2cc(-c3nc(-c4ccccc4)nc(-c4cccc5ccccc45)n3)ccc2-c2c1ccc1oc3ccccc3c21.CC1(C)c2cc(O[B]O)ccc2-c2c1ccc1oc3ccccc3c21.Clc1nc(-c2ccccc2)nc(-c2cccc3c2C=C[C+]=C3)n1. The Kier molecular flexibility index (Phi) is 13.6. The zero-order chi connectivity index (χ0) is 62.2. The van der Waals surface area contributed by atoms with E-state index in [-0.39, 0.29) is 16.1 Å². The van der Waals surface area contributed by atoms with Crippen molar-refractivity contribution in [3.63, 3.8) is 0 Å². The molecule has 4 heterocycles. The molecule has 0 atom stereocenters. The van der Waals surface area contributed by atoms with E-state index < -0.39 is 0 Å². The van der Waals surface area contributed by atoms with Crippen LogP contribution in [0, 0.1) is 6.08 Å². The third-order valence-corrected chi connectivity index (χ3v) is 18.2. The molecule has 92 heavy (non-hydrogen) atoms. The summed E-state index contributed by atoms with van der Waals surface area (Å²) in [6, 6.07) is 78.3. The van der Waals surface area contributed by atoms with E-state index in [4.69, 9.17) is 45.1 Å². The minimum absolute atomic E-state index is 0.147. The molecule has 15 aromatic rings. The standard InChI is InChI=1S/C40H27N3O.C21H16BO3.C19H11ClN3/c1-40(2)31-21-22-34-36(30-16-8-9-18-33(30)44-34)35(31)29-20-19-26(23-32(29)40)38-41-37(25-12-4-3-5-13-25)42-39(43-38)28-17-10-14-24-11-6-7-15-27(24)28;1-21(2)15-9-10-18-20(14-5-3-4-6-17(14)24-18)19(15)13-8-7-12(25-22-23)11-16(13)21;20-19-22-17(14-8-2-1-3-9-14)21-18(23-19)16-12-6-10-13-7-4-5-11-15(13)16/h3-23H,1-2H3;3-11,23H,1-2H3;1-3,5-12H/q;;+1. The Balaban J connectivity index is 0.000000119.